The van der Waals surface area contributed by atoms with Crippen LogP contribution in [-0.2, 0) is 6.61 Å². The molecule has 36 heavy (non-hydrogen) atoms. The predicted molar refractivity (Wildman–Crippen MR) is 139 cm³/mol. The van der Waals surface area contributed by atoms with Crippen molar-refractivity contribution in [2.24, 2.45) is 0 Å². The van der Waals surface area contributed by atoms with E-state index in [1.807, 2.05) is 0 Å². The topological polar surface area (TPSA) is 78.4 Å². The minimum absolute atomic E-state index is 0.0200. The van der Waals surface area contributed by atoms with Crippen LogP contribution >= 0.6 is 34.8 Å². The van der Waals surface area contributed by atoms with Gasteiger partial charge in [-0.3, -0.25) is 10.1 Å². The zero-order valence-electron chi connectivity index (χ0n) is 18.6. The van der Waals surface area contributed by atoms with Gasteiger partial charge in [0.05, 0.1) is 25.6 Å². The van der Waals surface area contributed by atoms with E-state index in [1.165, 1.54) is 12.1 Å². The average molecular weight is 540 g/mol. The molecule has 0 radical (unpaired) electrons. The van der Waals surface area contributed by atoms with Crippen molar-refractivity contribution in [1.29, 1.82) is 0 Å². The van der Waals surface area contributed by atoms with Crippen molar-refractivity contribution >= 4 is 40.5 Å². The Labute approximate surface area is 221 Å². The van der Waals surface area contributed by atoms with Gasteiger partial charge in [0, 0.05) is 40.8 Å². The van der Waals surface area contributed by atoms with Gasteiger partial charge in [0.2, 0.25) is 0 Å². The number of hydrogen-bond donors (Lipinski definition) is 0. The third-order valence-corrected chi connectivity index (χ3v) is 6.63. The van der Waals surface area contributed by atoms with E-state index in [0.717, 1.165) is 24.2 Å². The molecule has 1 saturated carbocycles. The number of nitro benzene ring substituents is 1. The third-order valence-electron chi connectivity index (χ3n) is 5.69. The lowest BCUT2D eigenvalue weighted by Crippen LogP contribution is -2.00. The van der Waals surface area contributed by atoms with Crippen molar-refractivity contribution in [2.75, 3.05) is 0 Å². The number of aromatic nitrogens is 1. The van der Waals surface area contributed by atoms with Gasteiger partial charge in [-0.1, -0.05) is 63.9 Å². The first-order valence-electron chi connectivity index (χ1n) is 11.0. The molecule has 1 heterocycles. The van der Waals surface area contributed by atoms with Crippen LogP contribution in [0, 0.1) is 22.0 Å². The van der Waals surface area contributed by atoms with Crippen molar-refractivity contribution in [3.05, 3.63) is 108 Å². The van der Waals surface area contributed by atoms with E-state index in [4.69, 9.17) is 44.1 Å². The molecule has 9 heteroatoms. The van der Waals surface area contributed by atoms with Gasteiger partial charge < -0.3 is 9.26 Å². The van der Waals surface area contributed by atoms with Crippen molar-refractivity contribution < 1.29 is 14.2 Å². The summed E-state index contributed by atoms with van der Waals surface area (Å²) in [4.78, 5) is 10.5. The Kier molecular flexibility index (Phi) is 6.88. The van der Waals surface area contributed by atoms with Crippen molar-refractivity contribution in [3.63, 3.8) is 0 Å². The summed E-state index contributed by atoms with van der Waals surface area (Å²) in [6.07, 6.45) is 2.06. The molecule has 0 spiro atoms. The molecule has 1 aliphatic carbocycles. The van der Waals surface area contributed by atoms with Gasteiger partial charge in [0.15, 0.2) is 0 Å². The average Bonchev–Trinajstić information content (AvgIpc) is 3.62. The maximum Gasteiger partial charge on any atom is 0.270 e. The first kappa shape index (κ1) is 24.2. The van der Waals surface area contributed by atoms with E-state index in [0.29, 0.717) is 49.1 Å². The Morgan fingerprint density at radius 1 is 1.00 bits per heavy atom. The molecule has 0 unspecified atom stereocenters. The number of benzene rings is 3. The predicted octanol–water partition coefficient (Wildman–Crippen LogP) is 8.07. The summed E-state index contributed by atoms with van der Waals surface area (Å²) in [5.74, 6) is 7.49. The number of ether oxygens (including phenoxy) is 1. The summed E-state index contributed by atoms with van der Waals surface area (Å²) in [7, 11) is 0. The molecule has 1 aliphatic rings. The number of nitrogens with zero attached hydrogens (tertiary/aromatic N) is 2. The Hall–Kier alpha value is -3.50. The molecule has 180 valence electrons. The molecule has 4 aromatic rings. The maximum atomic E-state index is 11.0. The quantitative estimate of drug-likeness (QED) is 0.141. The summed E-state index contributed by atoms with van der Waals surface area (Å²) < 4.78 is 11.7. The van der Waals surface area contributed by atoms with E-state index in [1.54, 1.807) is 48.5 Å². The molecule has 0 atom stereocenters. The monoisotopic (exact) mass is 538 g/mol. The lowest BCUT2D eigenvalue weighted by atomic mass is 10.0. The largest absolute Gasteiger partial charge is 0.489 e. The number of non-ortho nitro benzene ring substituents is 1. The van der Waals surface area contributed by atoms with Crippen LogP contribution in [0.15, 0.2) is 65.2 Å². The zero-order chi connectivity index (χ0) is 25.2. The highest BCUT2D eigenvalue weighted by molar-refractivity contribution is 6.39. The van der Waals surface area contributed by atoms with Crippen LogP contribution in [0.1, 0.15) is 41.2 Å². The minimum atomic E-state index is -0.459. The van der Waals surface area contributed by atoms with Crippen molar-refractivity contribution in [1.82, 2.24) is 5.16 Å². The summed E-state index contributed by atoms with van der Waals surface area (Å²) >= 11 is 19.3. The molecule has 1 aromatic heterocycles. The van der Waals surface area contributed by atoms with Gasteiger partial charge in [-0.25, -0.2) is 0 Å². The molecular weight excluding hydrogens is 523 g/mol. The minimum Gasteiger partial charge on any atom is -0.489 e. The molecule has 0 bridgehead atoms. The lowest BCUT2D eigenvalue weighted by Gasteiger charge is -2.10. The van der Waals surface area contributed by atoms with E-state index >= 15 is 0 Å². The van der Waals surface area contributed by atoms with Crippen molar-refractivity contribution in [2.45, 2.75) is 25.4 Å². The van der Waals surface area contributed by atoms with Gasteiger partial charge in [-0.15, -0.1) is 0 Å². The highest BCUT2D eigenvalue weighted by atomic mass is 35.5. The highest BCUT2D eigenvalue weighted by Crippen LogP contribution is 2.46. The number of hydrogen-bond acceptors (Lipinski definition) is 5. The van der Waals surface area contributed by atoms with Crippen LogP contribution in [0.3, 0.4) is 0 Å². The maximum absolute atomic E-state index is 11.0. The van der Waals surface area contributed by atoms with Crippen LogP contribution in [0.5, 0.6) is 5.75 Å². The summed E-state index contributed by atoms with van der Waals surface area (Å²) in [5.41, 5.74) is 3.05. The Bertz CT molecular complexity index is 1510. The normalized spacial score (nSPS) is 12.6. The van der Waals surface area contributed by atoms with Gasteiger partial charge >= 0.3 is 0 Å². The van der Waals surface area contributed by atoms with Crippen LogP contribution in [0.4, 0.5) is 5.69 Å². The third kappa shape index (κ3) is 5.19. The summed E-state index contributed by atoms with van der Waals surface area (Å²) in [6, 6.07) is 16.6. The second kappa shape index (κ2) is 10.2. The summed E-state index contributed by atoms with van der Waals surface area (Å²) in [6.45, 7) is 0.196. The van der Waals surface area contributed by atoms with E-state index in [9.17, 15) is 10.1 Å². The Morgan fingerprint density at radius 3 is 2.44 bits per heavy atom. The van der Waals surface area contributed by atoms with Crippen LogP contribution in [0.25, 0.3) is 11.3 Å². The highest BCUT2D eigenvalue weighted by Gasteiger charge is 2.33. The van der Waals surface area contributed by atoms with E-state index < -0.39 is 4.92 Å². The second-order valence-electron chi connectivity index (χ2n) is 8.23. The molecule has 0 saturated heterocycles. The van der Waals surface area contributed by atoms with E-state index in [-0.39, 0.29) is 12.3 Å². The van der Waals surface area contributed by atoms with Crippen LogP contribution in [0.2, 0.25) is 15.1 Å². The van der Waals surface area contributed by atoms with Gasteiger partial charge in [0.1, 0.15) is 23.8 Å². The first-order valence-corrected chi connectivity index (χ1v) is 12.2. The van der Waals surface area contributed by atoms with E-state index in [2.05, 4.69) is 17.0 Å². The fourth-order valence-corrected chi connectivity index (χ4v) is 4.52. The molecule has 6 nitrogen and oxygen atoms in total. The standard InChI is InChI=1S/C27H17Cl3N2O4/c28-22-5-2-6-23(29)25(22)26-21(27(36-31-26)18-9-10-18)15-35-20-12-11-17(24(30)14-20)8-7-16-3-1-4-19(13-16)32(33)34/h1-6,11-14,18H,9-10,15H2. The fraction of sp³-hybridized carbons (Fsp3) is 0.148. The molecule has 0 amide bonds. The molecule has 0 aliphatic heterocycles. The van der Waals surface area contributed by atoms with Crippen LogP contribution < -0.4 is 4.74 Å². The van der Waals surface area contributed by atoms with Crippen LogP contribution in [-0.4, -0.2) is 10.1 Å². The molecular formula is C27H17Cl3N2O4. The molecule has 1 fully saturated rings. The number of rotatable bonds is 6. The molecule has 3 aromatic carbocycles. The van der Waals surface area contributed by atoms with Gasteiger partial charge in [-0.05, 0) is 43.2 Å². The SMILES string of the molecule is O=[N+]([O-])c1cccc(C#Cc2ccc(OCc3c(-c4c(Cl)cccc4Cl)noc3C3CC3)cc2Cl)c1. The second-order valence-corrected chi connectivity index (χ2v) is 9.45. The van der Waals surface area contributed by atoms with Gasteiger partial charge in [-0.2, -0.15) is 0 Å². The van der Waals surface area contributed by atoms with Crippen molar-refractivity contribution in [3.8, 4) is 28.8 Å². The van der Waals surface area contributed by atoms with Gasteiger partial charge in [0.25, 0.3) is 5.69 Å². The molecule has 5 rings (SSSR count). The lowest BCUT2D eigenvalue weighted by molar-refractivity contribution is -0.384. The Morgan fingerprint density at radius 2 is 1.75 bits per heavy atom. The first-order chi connectivity index (χ1) is 17.4. The zero-order valence-corrected chi connectivity index (χ0v) is 20.9. The number of nitro groups is 1. The Balaban J connectivity index is 1.37. The fourth-order valence-electron chi connectivity index (χ4n) is 3.73. The smallest absolute Gasteiger partial charge is 0.270 e. The number of halogens is 3. The summed E-state index contributed by atoms with van der Waals surface area (Å²) in [5, 5.41) is 16.6. The molecule has 0 N–H and O–H groups in total.